The van der Waals surface area contributed by atoms with E-state index in [4.69, 9.17) is 5.26 Å². The van der Waals surface area contributed by atoms with Crippen LogP contribution in [0.2, 0.25) is 0 Å². The van der Waals surface area contributed by atoms with Crippen LogP contribution in [0.15, 0.2) is 24.4 Å². The zero-order chi connectivity index (χ0) is 22.5. The maximum atomic E-state index is 15.2. The van der Waals surface area contributed by atoms with E-state index in [9.17, 15) is 5.11 Å². The minimum atomic E-state index is -0.953. The lowest BCUT2D eigenvalue weighted by atomic mass is 9.96. The Bertz CT molecular complexity index is 1220. The van der Waals surface area contributed by atoms with Crippen molar-refractivity contribution >= 4 is 17.3 Å². The second-order valence-corrected chi connectivity index (χ2v) is 9.81. The number of hydrogen-bond donors (Lipinski definition) is 2. The summed E-state index contributed by atoms with van der Waals surface area (Å²) in [6.45, 7) is 0. The second kappa shape index (κ2) is 7.97. The highest BCUT2D eigenvalue weighted by Gasteiger charge is 2.48. The quantitative estimate of drug-likeness (QED) is 0.586. The first-order chi connectivity index (χ1) is 16.1. The lowest BCUT2D eigenvalue weighted by Crippen LogP contribution is -2.57. The number of hydrogen-bond acceptors (Lipinski definition) is 10. The zero-order valence-corrected chi connectivity index (χ0v) is 18.4. The third kappa shape index (κ3) is 3.69. The number of halogens is 1. The molecule has 11 heteroatoms. The van der Waals surface area contributed by atoms with Crippen LogP contribution >= 0.6 is 11.3 Å². The van der Waals surface area contributed by atoms with E-state index in [1.54, 1.807) is 24.4 Å². The molecule has 4 atom stereocenters. The number of nitriles is 1. The van der Waals surface area contributed by atoms with Crippen molar-refractivity contribution in [3.05, 3.63) is 29.4 Å². The Morgan fingerprint density at radius 3 is 2.73 bits per heavy atom. The Morgan fingerprint density at radius 2 is 2.03 bits per heavy atom. The fourth-order valence-corrected chi connectivity index (χ4v) is 5.59. The molecule has 2 aliphatic heterocycles. The molecule has 6 rings (SSSR count). The number of nitrogens with one attached hydrogen (secondary N) is 1. The predicted octanol–water partition coefficient (Wildman–Crippen LogP) is 2.83. The average Bonchev–Trinajstić information content (AvgIpc) is 3.39. The van der Waals surface area contributed by atoms with Crippen molar-refractivity contribution < 1.29 is 9.50 Å². The third-order valence-electron chi connectivity index (χ3n) is 6.67. The SMILES string of the molecule is N#Cc1nnc(-c2ccc(-c3cnc(N(C4CC4)[C@@H]4C[C@@H]5CC[C@H](N5)[C@@H]4F)nn3)c(O)c2)s1. The molecule has 0 radical (unpaired) electrons. The average molecular weight is 465 g/mol. The minimum Gasteiger partial charge on any atom is -0.507 e. The molecule has 2 saturated heterocycles. The topological polar surface area (TPSA) is 124 Å². The Kier molecular flexibility index (Phi) is 4.92. The number of aromatic hydroxyl groups is 1. The summed E-state index contributed by atoms with van der Waals surface area (Å²) >= 11 is 1.15. The molecule has 3 fully saturated rings. The molecule has 2 aromatic heterocycles. The summed E-state index contributed by atoms with van der Waals surface area (Å²) in [5.74, 6) is 0.451. The van der Waals surface area contributed by atoms with E-state index < -0.39 is 6.17 Å². The standard InChI is InChI=1S/C22H21FN8OS/c23-20-15-6-2-12(26-15)8-17(20)31(13-3-4-13)22-25-10-16(27-30-22)14-5-1-11(7-18(14)32)21-29-28-19(9-24)33-21/h1,5,7,10,12-13,15,17,20,26,32H,2-4,6,8H2/t12-,15-,17+,20-/m0/s1. The fourth-order valence-electron chi connectivity index (χ4n) is 4.96. The van der Waals surface area contributed by atoms with Gasteiger partial charge in [-0.05, 0) is 44.2 Å². The zero-order valence-electron chi connectivity index (χ0n) is 17.6. The molecule has 2 N–H and O–H groups in total. The van der Waals surface area contributed by atoms with Gasteiger partial charge in [0, 0.05) is 29.3 Å². The van der Waals surface area contributed by atoms with E-state index in [-0.39, 0.29) is 28.9 Å². The molecule has 3 aromatic rings. The summed E-state index contributed by atoms with van der Waals surface area (Å²) < 4.78 is 15.2. The van der Waals surface area contributed by atoms with Gasteiger partial charge in [-0.25, -0.2) is 9.37 Å². The molecule has 1 aliphatic carbocycles. The van der Waals surface area contributed by atoms with E-state index in [0.29, 0.717) is 33.8 Å². The number of nitrogens with zero attached hydrogens (tertiary/aromatic N) is 7. The van der Waals surface area contributed by atoms with Crippen molar-refractivity contribution in [3.63, 3.8) is 0 Å². The molecule has 1 aromatic carbocycles. The van der Waals surface area contributed by atoms with Gasteiger partial charge in [-0.1, -0.05) is 17.4 Å². The van der Waals surface area contributed by atoms with Crippen LogP contribution in [0.1, 0.15) is 37.1 Å². The molecule has 2 bridgehead atoms. The van der Waals surface area contributed by atoms with Crippen molar-refractivity contribution in [2.45, 2.75) is 62.4 Å². The number of rotatable bonds is 5. The largest absolute Gasteiger partial charge is 0.507 e. The minimum absolute atomic E-state index is 0.00265. The second-order valence-electron chi connectivity index (χ2n) is 8.83. The van der Waals surface area contributed by atoms with Gasteiger partial charge in [-0.15, -0.1) is 20.4 Å². The van der Waals surface area contributed by atoms with E-state index in [1.807, 2.05) is 11.0 Å². The lowest BCUT2D eigenvalue weighted by Gasteiger charge is -2.40. The number of fused-ring (bicyclic) bond motifs is 2. The molecule has 1 saturated carbocycles. The van der Waals surface area contributed by atoms with Gasteiger partial charge in [0.15, 0.2) is 0 Å². The molecular weight excluding hydrogens is 443 g/mol. The first-order valence-corrected chi connectivity index (χ1v) is 11.9. The first kappa shape index (κ1) is 20.4. The highest BCUT2D eigenvalue weighted by Crippen LogP contribution is 2.40. The van der Waals surface area contributed by atoms with Gasteiger partial charge in [0.1, 0.15) is 28.7 Å². The lowest BCUT2D eigenvalue weighted by molar-refractivity contribution is 0.171. The molecule has 9 nitrogen and oxygen atoms in total. The first-order valence-electron chi connectivity index (χ1n) is 11.1. The highest BCUT2D eigenvalue weighted by molar-refractivity contribution is 7.15. The van der Waals surface area contributed by atoms with Gasteiger partial charge >= 0.3 is 0 Å². The molecule has 168 valence electrons. The van der Waals surface area contributed by atoms with Crippen LogP contribution in [0.5, 0.6) is 5.75 Å². The van der Waals surface area contributed by atoms with Crippen molar-refractivity contribution in [1.29, 1.82) is 5.26 Å². The number of phenolic OH excluding ortho intramolecular Hbond substituents is 1. The van der Waals surface area contributed by atoms with Crippen LogP contribution in [-0.4, -0.2) is 60.8 Å². The number of piperidine rings is 1. The third-order valence-corrected chi connectivity index (χ3v) is 7.55. The smallest absolute Gasteiger partial charge is 0.245 e. The van der Waals surface area contributed by atoms with Crippen molar-refractivity contribution in [1.82, 2.24) is 30.7 Å². The Morgan fingerprint density at radius 1 is 1.15 bits per heavy atom. The van der Waals surface area contributed by atoms with E-state index >= 15 is 4.39 Å². The molecule has 4 heterocycles. The summed E-state index contributed by atoms with van der Waals surface area (Å²) in [4.78, 5) is 6.57. The summed E-state index contributed by atoms with van der Waals surface area (Å²) in [5, 5.41) is 40.1. The number of phenols is 1. The van der Waals surface area contributed by atoms with Crippen LogP contribution in [-0.2, 0) is 0 Å². The summed E-state index contributed by atoms with van der Waals surface area (Å²) in [6.07, 6.45) is 5.29. The van der Waals surface area contributed by atoms with Crippen molar-refractivity contribution in [2.75, 3.05) is 4.90 Å². The normalized spacial score (nSPS) is 26.2. The number of benzene rings is 1. The van der Waals surface area contributed by atoms with Gasteiger partial charge < -0.3 is 15.3 Å². The maximum Gasteiger partial charge on any atom is 0.245 e. The van der Waals surface area contributed by atoms with Gasteiger partial charge in [0.05, 0.1) is 12.2 Å². The van der Waals surface area contributed by atoms with Gasteiger partial charge in [-0.2, -0.15) is 5.26 Å². The molecule has 0 spiro atoms. The summed E-state index contributed by atoms with van der Waals surface area (Å²) in [7, 11) is 0. The molecular formula is C22H21FN8OS. The Balaban J connectivity index is 1.26. The molecule has 3 aliphatic rings. The van der Waals surface area contributed by atoms with Crippen LogP contribution in [0, 0.1) is 11.3 Å². The van der Waals surface area contributed by atoms with Gasteiger partial charge in [0.25, 0.3) is 0 Å². The van der Waals surface area contributed by atoms with E-state index in [1.165, 1.54) is 0 Å². The fraction of sp³-hybridized carbons (Fsp3) is 0.455. The number of alkyl halides is 1. The Labute approximate surface area is 193 Å². The monoisotopic (exact) mass is 464 g/mol. The van der Waals surface area contributed by atoms with Gasteiger partial charge in [0.2, 0.25) is 11.0 Å². The highest BCUT2D eigenvalue weighted by atomic mass is 32.1. The molecule has 0 unspecified atom stereocenters. The summed E-state index contributed by atoms with van der Waals surface area (Å²) in [5.41, 5.74) is 1.56. The van der Waals surface area contributed by atoms with Crippen LogP contribution in [0.3, 0.4) is 0 Å². The van der Waals surface area contributed by atoms with Crippen molar-refractivity contribution in [3.8, 4) is 33.6 Å². The summed E-state index contributed by atoms with van der Waals surface area (Å²) in [6, 6.07) is 7.30. The van der Waals surface area contributed by atoms with E-state index in [2.05, 4.69) is 30.7 Å². The number of anilines is 1. The predicted molar refractivity (Wildman–Crippen MR) is 119 cm³/mol. The van der Waals surface area contributed by atoms with Crippen LogP contribution < -0.4 is 10.2 Å². The van der Waals surface area contributed by atoms with Gasteiger partial charge in [-0.3, -0.25) is 0 Å². The van der Waals surface area contributed by atoms with Crippen LogP contribution in [0.25, 0.3) is 21.8 Å². The van der Waals surface area contributed by atoms with Crippen LogP contribution in [0.4, 0.5) is 10.3 Å². The van der Waals surface area contributed by atoms with Crippen molar-refractivity contribution in [2.24, 2.45) is 0 Å². The Hall–Kier alpha value is -3.23. The molecule has 0 amide bonds. The number of aromatic nitrogens is 5. The maximum absolute atomic E-state index is 15.2. The van der Waals surface area contributed by atoms with E-state index in [0.717, 1.165) is 43.4 Å². The molecule has 33 heavy (non-hydrogen) atoms.